The van der Waals surface area contributed by atoms with E-state index in [9.17, 15) is 19.5 Å². The number of benzene rings is 4. The highest BCUT2D eigenvalue weighted by atomic mass is 16.3. The van der Waals surface area contributed by atoms with Crippen LogP contribution in [0.3, 0.4) is 0 Å². The summed E-state index contributed by atoms with van der Waals surface area (Å²) < 4.78 is 0. The average Bonchev–Trinajstić information content (AvgIpc) is 4.20. The van der Waals surface area contributed by atoms with E-state index < -0.39 is 12.1 Å². The number of nitrogens with one attached hydrogen (secondary N) is 3. The second-order valence-corrected chi connectivity index (χ2v) is 16.5. The Kier molecular flexibility index (Phi) is 12.2. The van der Waals surface area contributed by atoms with Crippen molar-refractivity contribution in [3.8, 4) is 34.4 Å². The number of carbonyl (C=O) groups excluding carboxylic acids is 3. The molecule has 6 N–H and O–H groups in total. The van der Waals surface area contributed by atoms with Gasteiger partial charge in [-0.3, -0.25) is 9.59 Å². The number of H-pyrrole nitrogens is 2. The summed E-state index contributed by atoms with van der Waals surface area (Å²) in [7, 11) is 0. The monoisotopic (exact) mass is 841 g/mol. The van der Waals surface area contributed by atoms with Crippen LogP contribution in [-0.2, 0) is 9.59 Å². The molecule has 5 atom stereocenters. The standard InChI is InChI=1S/C50H51N9O4/c51-44(37-10-3-1-4-11-37)48(61)58-28-8-15-42(58)46-52-30-40(54-46)35-23-19-33(20-24-35)17-18-34-21-25-36(26-22-34)41-31-53-47(55-41)43-16-9-29-59(43)49(62)45(38-12-5-2-6-13-38)56-50(63)57-27-7-14-39(57)32-60/h1-6,10-13,19-26,30-31,39,42-45,60H,7-9,14-16,27-29,32,51H2,(H,52,54)(H,53,55)(H,56,63)/t39-,42+,43+,44-,45-/m1/s1. The number of amides is 4. The maximum Gasteiger partial charge on any atom is 0.318 e. The van der Waals surface area contributed by atoms with Crippen LogP contribution in [0, 0.1) is 11.8 Å². The fourth-order valence-corrected chi connectivity index (χ4v) is 9.13. The van der Waals surface area contributed by atoms with Gasteiger partial charge in [0.1, 0.15) is 23.7 Å². The Morgan fingerprint density at radius 1 is 0.651 bits per heavy atom. The van der Waals surface area contributed by atoms with E-state index in [4.69, 9.17) is 10.7 Å². The molecule has 4 amide bonds. The van der Waals surface area contributed by atoms with Crippen molar-refractivity contribution in [2.75, 3.05) is 26.2 Å². The molecule has 3 aliphatic heterocycles. The number of nitrogens with zero attached hydrogens (tertiary/aromatic N) is 5. The third-order valence-electron chi connectivity index (χ3n) is 12.6. The molecule has 0 radical (unpaired) electrons. The van der Waals surface area contributed by atoms with Crippen LogP contribution in [0.15, 0.2) is 122 Å². The van der Waals surface area contributed by atoms with E-state index in [0.29, 0.717) is 31.0 Å². The van der Waals surface area contributed by atoms with Gasteiger partial charge in [-0.2, -0.15) is 0 Å². The molecule has 3 aliphatic rings. The molecule has 9 rings (SSSR count). The van der Waals surface area contributed by atoms with E-state index in [0.717, 1.165) is 83.6 Å². The Labute approximate surface area is 366 Å². The van der Waals surface area contributed by atoms with Crippen molar-refractivity contribution >= 4 is 17.8 Å². The highest BCUT2D eigenvalue weighted by Crippen LogP contribution is 2.36. The van der Waals surface area contributed by atoms with Gasteiger partial charge < -0.3 is 40.8 Å². The molecule has 13 nitrogen and oxygen atoms in total. The summed E-state index contributed by atoms with van der Waals surface area (Å²) in [5.41, 5.74) is 13.3. The summed E-state index contributed by atoms with van der Waals surface area (Å²) in [5, 5.41) is 12.8. The molecule has 0 saturated carbocycles. The first-order valence-electron chi connectivity index (χ1n) is 21.8. The van der Waals surface area contributed by atoms with Gasteiger partial charge in [-0.05, 0) is 85.0 Å². The second kappa shape index (κ2) is 18.5. The third-order valence-corrected chi connectivity index (χ3v) is 12.6. The number of rotatable bonds is 10. The van der Waals surface area contributed by atoms with Crippen molar-refractivity contribution in [1.29, 1.82) is 0 Å². The number of aliphatic hydroxyl groups is 1. The molecule has 0 aliphatic carbocycles. The first-order chi connectivity index (χ1) is 30.8. The third kappa shape index (κ3) is 8.86. The zero-order valence-corrected chi connectivity index (χ0v) is 35.0. The van der Waals surface area contributed by atoms with Gasteiger partial charge >= 0.3 is 6.03 Å². The zero-order valence-electron chi connectivity index (χ0n) is 35.0. The van der Waals surface area contributed by atoms with Gasteiger partial charge in [-0.15, -0.1) is 0 Å². The van der Waals surface area contributed by atoms with Crippen LogP contribution in [0.5, 0.6) is 0 Å². The largest absolute Gasteiger partial charge is 0.394 e. The van der Waals surface area contributed by atoms with Gasteiger partial charge in [0, 0.05) is 30.8 Å². The number of carbonyl (C=O) groups is 3. The van der Waals surface area contributed by atoms with Gasteiger partial charge in [0.25, 0.3) is 0 Å². The van der Waals surface area contributed by atoms with Crippen LogP contribution in [0.2, 0.25) is 0 Å². The molecule has 13 heteroatoms. The number of hydrogen-bond donors (Lipinski definition) is 5. The minimum Gasteiger partial charge on any atom is -0.394 e. The SMILES string of the molecule is N[C@@H](C(=O)N1CCC[C@H]1c1ncc(-c2ccc(C#Cc3ccc(-c4cnc([C@@H]5CCCN5C(=O)[C@H](NC(=O)N5CCC[C@@H]5CO)c5ccccc5)[nH]4)cc3)cc2)[nH]1)c1ccccc1. The molecule has 3 saturated heterocycles. The minimum atomic E-state index is -0.872. The van der Waals surface area contributed by atoms with Gasteiger partial charge in [0.2, 0.25) is 11.8 Å². The first-order valence-corrected chi connectivity index (χ1v) is 21.8. The summed E-state index contributed by atoms with van der Waals surface area (Å²) in [5.74, 6) is 7.73. The number of nitrogens with two attached hydrogens (primary N) is 1. The lowest BCUT2D eigenvalue weighted by atomic mass is 10.0. The Morgan fingerprint density at radius 2 is 1.13 bits per heavy atom. The Morgan fingerprint density at radius 3 is 1.65 bits per heavy atom. The Bertz CT molecular complexity index is 2600. The predicted molar refractivity (Wildman–Crippen MR) is 239 cm³/mol. The van der Waals surface area contributed by atoms with E-state index in [1.165, 1.54) is 0 Å². The highest BCUT2D eigenvalue weighted by Gasteiger charge is 2.39. The van der Waals surface area contributed by atoms with Crippen molar-refractivity contribution in [3.63, 3.8) is 0 Å². The van der Waals surface area contributed by atoms with Crippen LogP contribution in [0.1, 0.15) is 96.6 Å². The first kappa shape index (κ1) is 41.3. The lowest BCUT2D eigenvalue weighted by Crippen LogP contribution is -2.49. The van der Waals surface area contributed by atoms with Crippen LogP contribution in [0.25, 0.3) is 22.5 Å². The molecule has 63 heavy (non-hydrogen) atoms. The van der Waals surface area contributed by atoms with Gasteiger partial charge in [0.15, 0.2) is 0 Å². The molecule has 5 heterocycles. The molecule has 0 spiro atoms. The quantitative estimate of drug-likeness (QED) is 0.0943. The Hall–Kier alpha value is -7.01. The second-order valence-electron chi connectivity index (χ2n) is 16.5. The normalized spacial score (nSPS) is 19.4. The molecule has 3 fully saturated rings. The summed E-state index contributed by atoms with van der Waals surface area (Å²) >= 11 is 0. The van der Waals surface area contributed by atoms with Gasteiger partial charge in [0.05, 0.1) is 48.5 Å². The molecule has 2 aromatic heterocycles. The number of urea groups is 1. The number of aromatic amines is 2. The Balaban J connectivity index is 0.830. The lowest BCUT2D eigenvalue weighted by molar-refractivity contribution is -0.135. The molecule has 0 unspecified atom stereocenters. The molecular weight excluding hydrogens is 791 g/mol. The van der Waals surface area contributed by atoms with Crippen LogP contribution in [-0.4, -0.2) is 89.9 Å². The minimum absolute atomic E-state index is 0.0925. The van der Waals surface area contributed by atoms with E-state index in [-0.39, 0.29) is 42.6 Å². The number of aliphatic hydroxyl groups excluding tert-OH is 1. The summed E-state index contributed by atoms with van der Waals surface area (Å²) in [4.78, 5) is 62.8. The fraction of sp³-hybridized carbons (Fsp3) is 0.300. The molecule has 320 valence electrons. The average molecular weight is 842 g/mol. The van der Waals surface area contributed by atoms with E-state index in [2.05, 4.69) is 32.1 Å². The number of imidazole rings is 2. The van der Waals surface area contributed by atoms with Crippen molar-refractivity contribution in [3.05, 3.63) is 155 Å². The summed E-state index contributed by atoms with van der Waals surface area (Å²) in [6, 6.07) is 32.2. The summed E-state index contributed by atoms with van der Waals surface area (Å²) in [6.45, 7) is 1.64. The van der Waals surface area contributed by atoms with Crippen molar-refractivity contribution in [1.82, 2.24) is 40.0 Å². The zero-order chi connectivity index (χ0) is 43.3. The van der Waals surface area contributed by atoms with Crippen LogP contribution in [0.4, 0.5) is 4.79 Å². The van der Waals surface area contributed by atoms with Gasteiger partial charge in [-0.1, -0.05) is 96.8 Å². The molecule has 4 aromatic carbocycles. The summed E-state index contributed by atoms with van der Waals surface area (Å²) in [6.07, 6.45) is 8.45. The molecular formula is C50H51N9O4. The number of aromatic nitrogens is 4. The van der Waals surface area contributed by atoms with Crippen molar-refractivity contribution < 1.29 is 19.5 Å². The predicted octanol–water partition coefficient (Wildman–Crippen LogP) is 6.80. The fourth-order valence-electron chi connectivity index (χ4n) is 9.13. The van der Waals surface area contributed by atoms with Crippen LogP contribution >= 0.6 is 0 Å². The van der Waals surface area contributed by atoms with E-state index in [1.54, 1.807) is 11.1 Å². The highest BCUT2D eigenvalue weighted by molar-refractivity contribution is 5.89. The van der Waals surface area contributed by atoms with Crippen molar-refractivity contribution in [2.24, 2.45) is 5.73 Å². The maximum absolute atomic E-state index is 14.3. The van der Waals surface area contributed by atoms with Crippen LogP contribution < -0.4 is 11.1 Å². The van der Waals surface area contributed by atoms with Gasteiger partial charge in [-0.25, -0.2) is 14.8 Å². The molecule has 6 aromatic rings. The number of likely N-dealkylation sites (tertiary alicyclic amines) is 3. The topological polar surface area (TPSA) is 177 Å². The lowest BCUT2D eigenvalue weighted by Gasteiger charge is -2.31. The molecule has 0 bridgehead atoms. The van der Waals surface area contributed by atoms with E-state index >= 15 is 0 Å². The number of hydrogen-bond acceptors (Lipinski definition) is 7. The van der Waals surface area contributed by atoms with E-state index in [1.807, 2.05) is 125 Å². The van der Waals surface area contributed by atoms with Crippen molar-refractivity contribution in [2.45, 2.75) is 68.7 Å². The maximum atomic E-state index is 14.3. The smallest absolute Gasteiger partial charge is 0.318 e.